The molecule has 0 unspecified atom stereocenters. The Morgan fingerprint density at radius 2 is 0.931 bits per heavy atom. The molecular formula is C26H18N2S. The van der Waals surface area contributed by atoms with Crippen molar-refractivity contribution in [2.75, 3.05) is 0 Å². The molecule has 5 aromatic rings. The molecule has 138 valence electrons. The molecule has 3 heteroatoms. The molecule has 0 amide bonds. The lowest BCUT2D eigenvalue weighted by molar-refractivity contribution is 1.58. The second-order valence-corrected chi connectivity index (χ2v) is 7.90. The van der Waals surface area contributed by atoms with E-state index in [2.05, 4.69) is 72.8 Å². The van der Waals surface area contributed by atoms with E-state index in [1.165, 1.54) is 21.5 Å². The predicted octanol–water partition coefficient (Wildman–Crippen LogP) is 7.56. The van der Waals surface area contributed by atoms with Gasteiger partial charge in [0.1, 0.15) is 0 Å². The molecule has 29 heavy (non-hydrogen) atoms. The summed E-state index contributed by atoms with van der Waals surface area (Å²) in [5.41, 5.74) is 1.98. The SMILES string of the molecule is C(=Nc1cccc2ccccc12)c1ccc(C=Nc2cccc3ccccc23)s1. The van der Waals surface area contributed by atoms with Crippen LogP contribution in [-0.2, 0) is 0 Å². The van der Waals surface area contributed by atoms with Crippen LogP contribution in [0.1, 0.15) is 9.75 Å². The third-order valence-electron chi connectivity index (χ3n) is 4.84. The fourth-order valence-electron chi connectivity index (χ4n) is 3.42. The molecule has 0 saturated heterocycles. The van der Waals surface area contributed by atoms with Crippen LogP contribution in [0.2, 0.25) is 0 Å². The highest BCUT2D eigenvalue weighted by atomic mass is 32.1. The fraction of sp³-hybridized carbons (Fsp3) is 0. The third-order valence-corrected chi connectivity index (χ3v) is 5.80. The van der Waals surface area contributed by atoms with E-state index in [1.807, 2.05) is 36.7 Å². The Hall–Kier alpha value is -3.56. The highest BCUT2D eigenvalue weighted by Crippen LogP contribution is 2.27. The zero-order valence-corrected chi connectivity index (χ0v) is 16.5. The summed E-state index contributed by atoms with van der Waals surface area (Å²) in [7, 11) is 0. The monoisotopic (exact) mass is 390 g/mol. The molecule has 1 aromatic heterocycles. The summed E-state index contributed by atoms with van der Waals surface area (Å²) in [6.07, 6.45) is 3.86. The minimum absolute atomic E-state index is 0.988. The first-order valence-electron chi connectivity index (χ1n) is 9.50. The Kier molecular flexibility index (Phi) is 4.73. The van der Waals surface area contributed by atoms with Crippen molar-refractivity contribution >= 4 is 56.7 Å². The van der Waals surface area contributed by atoms with Crippen LogP contribution in [0.15, 0.2) is 107 Å². The number of hydrogen-bond acceptors (Lipinski definition) is 3. The van der Waals surface area contributed by atoms with Crippen LogP contribution in [0, 0.1) is 0 Å². The predicted molar refractivity (Wildman–Crippen MR) is 127 cm³/mol. The standard InChI is InChI=1S/C26H18N2S/c1-3-11-23-19(7-1)9-5-13-25(23)27-17-21-15-16-22(29-21)18-28-26-14-6-10-20-8-2-4-12-24(20)26/h1-18H. The van der Waals surface area contributed by atoms with Crippen LogP contribution in [0.3, 0.4) is 0 Å². The smallest absolute Gasteiger partial charge is 0.0708 e. The zero-order chi connectivity index (χ0) is 19.5. The molecule has 0 spiro atoms. The van der Waals surface area contributed by atoms with Gasteiger partial charge in [0.2, 0.25) is 0 Å². The first-order chi connectivity index (χ1) is 14.4. The van der Waals surface area contributed by atoms with Gasteiger partial charge < -0.3 is 0 Å². The van der Waals surface area contributed by atoms with Gasteiger partial charge in [-0.25, -0.2) is 0 Å². The highest BCUT2D eigenvalue weighted by Gasteiger charge is 2.01. The number of thiophene rings is 1. The van der Waals surface area contributed by atoms with Crippen LogP contribution in [0.5, 0.6) is 0 Å². The Morgan fingerprint density at radius 1 is 0.483 bits per heavy atom. The number of benzene rings is 4. The number of aliphatic imine (C=N–C) groups is 2. The lowest BCUT2D eigenvalue weighted by atomic mass is 10.1. The minimum atomic E-state index is 0.988. The Bertz CT molecular complexity index is 1250. The quantitative estimate of drug-likeness (QED) is 0.283. The molecular weight excluding hydrogens is 372 g/mol. The molecule has 1 heterocycles. The molecule has 0 radical (unpaired) electrons. The largest absolute Gasteiger partial charge is 0.255 e. The number of hydrogen-bond donors (Lipinski definition) is 0. The highest BCUT2D eigenvalue weighted by molar-refractivity contribution is 7.15. The van der Waals surface area contributed by atoms with Gasteiger partial charge in [-0.1, -0.05) is 72.8 Å². The first kappa shape index (κ1) is 17.5. The lowest BCUT2D eigenvalue weighted by Crippen LogP contribution is -1.76. The van der Waals surface area contributed by atoms with Crippen molar-refractivity contribution < 1.29 is 0 Å². The summed E-state index contributed by atoms with van der Waals surface area (Å²) >= 11 is 1.68. The molecule has 0 aliphatic carbocycles. The average molecular weight is 391 g/mol. The topological polar surface area (TPSA) is 24.7 Å². The van der Waals surface area contributed by atoms with Gasteiger partial charge in [0.15, 0.2) is 0 Å². The summed E-state index contributed by atoms with van der Waals surface area (Å²) in [4.78, 5) is 11.7. The molecule has 0 fully saturated rings. The fourth-order valence-corrected chi connectivity index (χ4v) is 4.17. The van der Waals surface area contributed by atoms with Crippen LogP contribution in [0.25, 0.3) is 21.5 Å². The first-order valence-corrected chi connectivity index (χ1v) is 10.3. The van der Waals surface area contributed by atoms with Gasteiger partial charge in [-0.05, 0) is 35.0 Å². The lowest BCUT2D eigenvalue weighted by Gasteiger charge is -2.00. The molecule has 0 atom stereocenters. The molecule has 2 nitrogen and oxygen atoms in total. The molecule has 5 rings (SSSR count). The Labute approximate surface area is 173 Å². The summed E-state index contributed by atoms with van der Waals surface area (Å²) in [6.45, 7) is 0. The van der Waals surface area contributed by atoms with E-state index in [0.29, 0.717) is 0 Å². The van der Waals surface area contributed by atoms with Crippen molar-refractivity contribution in [3.63, 3.8) is 0 Å². The third kappa shape index (κ3) is 3.73. The van der Waals surface area contributed by atoms with Crippen LogP contribution < -0.4 is 0 Å². The molecule has 4 aromatic carbocycles. The molecule has 0 saturated carbocycles. The van der Waals surface area contributed by atoms with Gasteiger partial charge >= 0.3 is 0 Å². The van der Waals surface area contributed by atoms with Gasteiger partial charge in [-0.15, -0.1) is 11.3 Å². The summed E-state index contributed by atoms with van der Waals surface area (Å²) < 4.78 is 0. The van der Waals surface area contributed by atoms with Gasteiger partial charge in [-0.3, -0.25) is 9.98 Å². The second-order valence-electron chi connectivity index (χ2n) is 6.75. The maximum Gasteiger partial charge on any atom is 0.0708 e. The van der Waals surface area contributed by atoms with Crippen LogP contribution in [0.4, 0.5) is 11.4 Å². The number of rotatable bonds is 4. The van der Waals surface area contributed by atoms with Crippen molar-refractivity contribution in [3.8, 4) is 0 Å². The minimum Gasteiger partial charge on any atom is -0.255 e. The van der Waals surface area contributed by atoms with Crippen molar-refractivity contribution in [1.29, 1.82) is 0 Å². The number of fused-ring (bicyclic) bond motifs is 2. The maximum absolute atomic E-state index is 4.72. The van der Waals surface area contributed by atoms with Crippen LogP contribution in [-0.4, -0.2) is 12.4 Å². The Morgan fingerprint density at radius 3 is 1.45 bits per heavy atom. The van der Waals surface area contributed by atoms with E-state index in [9.17, 15) is 0 Å². The molecule has 0 aliphatic rings. The Balaban J connectivity index is 1.39. The van der Waals surface area contributed by atoms with Gasteiger partial charge in [0, 0.05) is 33.0 Å². The van der Waals surface area contributed by atoms with E-state index >= 15 is 0 Å². The van der Waals surface area contributed by atoms with E-state index in [0.717, 1.165) is 21.1 Å². The van der Waals surface area contributed by atoms with E-state index < -0.39 is 0 Å². The van der Waals surface area contributed by atoms with Crippen molar-refractivity contribution in [2.24, 2.45) is 9.98 Å². The maximum atomic E-state index is 4.72. The summed E-state index contributed by atoms with van der Waals surface area (Å²) in [5, 5.41) is 4.74. The summed E-state index contributed by atoms with van der Waals surface area (Å²) in [6, 6.07) is 33.2. The zero-order valence-electron chi connectivity index (χ0n) is 15.7. The van der Waals surface area contributed by atoms with E-state index in [1.54, 1.807) is 11.3 Å². The van der Waals surface area contributed by atoms with Gasteiger partial charge in [-0.2, -0.15) is 0 Å². The average Bonchev–Trinajstić information content (AvgIpc) is 3.24. The summed E-state index contributed by atoms with van der Waals surface area (Å²) in [5.74, 6) is 0. The van der Waals surface area contributed by atoms with Crippen molar-refractivity contribution in [2.45, 2.75) is 0 Å². The molecule has 0 bridgehead atoms. The van der Waals surface area contributed by atoms with Crippen molar-refractivity contribution in [3.05, 3.63) is 107 Å². The molecule has 0 N–H and O–H groups in total. The normalized spacial score (nSPS) is 11.9. The van der Waals surface area contributed by atoms with E-state index in [-0.39, 0.29) is 0 Å². The van der Waals surface area contributed by atoms with Gasteiger partial charge in [0.25, 0.3) is 0 Å². The van der Waals surface area contributed by atoms with Crippen LogP contribution >= 0.6 is 11.3 Å². The second kappa shape index (κ2) is 7.82. The van der Waals surface area contributed by atoms with E-state index in [4.69, 9.17) is 9.98 Å². The number of nitrogens with zero attached hydrogens (tertiary/aromatic N) is 2. The van der Waals surface area contributed by atoms with Gasteiger partial charge in [0.05, 0.1) is 11.4 Å². The molecule has 0 aliphatic heterocycles. The van der Waals surface area contributed by atoms with Crippen molar-refractivity contribution in [1.82, 2.24) is 0 Å².